The molecule has 2 saturated heterocycles. The lowest BCUT2D eigenvalue weighted by Gasteiger charge is -2.43. The molecule has 1 N–H and O–H groups in total. The third-order valence-corrected chi connectivity index (χ3v) is 5.47. The van der Waals surface area contributed by atoms with Crippen LogP contribution < -0.4 is 5.32 Å². The molecule has 3 rings (SSSR count). The Morgan fingerprint density at radius 2 is 2.09 bits per heavy atom. The fourth-order valence-corrected chi connectivity index (χ4v) is 4.10. The average Bonchev–Trinajstić information content (AvgIpc) is 2.69. The molecule has 0 aromatic rings. The highest BCUT2D eigenvalue weighted by molar-refractivity contribution is 5.78. The highest BCUT2D eigenvalue weighted by Crippen LogP contribution is 2.42. The Morgan fingerprint density at radius 3 is 2.78 bits per heavy atom. The largest absolute Gasteiger partial charge is 0.379 e. The van der Waals surface area contributed by atoms with E-state index >= 15 is 0 Å². The molecular formula is C17H29N3O3. The molecular weight excluding hydrogens is 294 g/mol. The highest BCUT2D eigenvalue weighted by atomic mass is 16.5. The molecule has 1 atom stereocenters. The van der Waals surface area contributed by atoms with Gasteiger partial charge in [0.2, 0.25) is 11.8 Å². The maximum absolute atomic E-state index is 12.7. The number of nitrogens with zero attached hydrogens (tertiary/aromatic N) is 2. The molecule has 0 radical (unpaired) electrons. The Balaban J connectivity index is 1.52. The fraction of sp³-hybridized carbons (Fsp3) is 0.882. The van der Waals surface area contributed by atoms with E-state index < -0.39 is 0 Å². The molecule has 3 fully saturated rings. The van der Waals surface area contributed by atoms with Crippen molar-refractivity contribution in [1.82, 2.24) is 15.1 Å². The van der Waals surface area contributed by atoms with Crippen LogP contribution >= 0.6 is 0 Å². The number of likely N-dealkylation sites (tertiary alicyclic amines) is 1. The molecule has 3 aliphatic rings. The topological polar surface area (TPSA) is 61.9 Å². The SMILES string of the molecule is CC(=O)NC1CCCN(C(=O)CN2CCOCC3(CCC3)C2)C1. The zero-order valence-electron chi connectivity index (χ0n) is 14.2. The number of piperidine rings is 1. The molecule has 6 nitrogen and oxygen atoms in total. The quantitative estimate of drug-likeness (QED) is 0.827. The molecule has 130 valence electrons. The van der Waals surface area contributed by atoms with Gasteiger partial charge >= 0.3 is 0 Å². The van der Waals surface area contributed by atoms with Crippen LogP contribution in [0.4, 0.5) is 0 Å². The average molecular weight is 323 g/mol. The van der Waals surface area contributed by atoms with Gasteiger partial charge in [-0.15, -0.1) is 0 Å². The molecule has 1 unspecified atom stereocenters. The summed E-state index contributed by atoms with van der Waals surface area (Å²) in [6.45, 7) is 6.89. The van der Waals surface area contributed by atoms with E-state index in [0.717, 1.165) is 45.7 Å². The molecule has 1 saturated carbocycles. The van der Waals surface area contributed by atoms with Crippen LogP contribution in [0, 0.1) is 5.41 Å². The number of rotatable bonds is 3. The fourth-order valence-electron chi connectivity index (χ4n) is 4.10. The molecule has 0 bridgehead atoms. The summed E-state index contributed by atoms with van der Waals surface area (Å²) in [5.74, 6) is 0.178. The van der Waals surface area contributed by atoms with E-state index in [1.165, 1.54) is 26.2 Å². The summed E-state index contributed by atoms with van der Waals surface area (Å²) in [7, 11) is 0. The van der Waals surface area contributed by atoms with Crippen molar-refractivity contribution in [3.63, 3.8) is 0 Å². The molecule has 2 heterocycles. The van der Waals surface area contributed by atoms with Gasteiger partial charge in [-0.25, -0.2) is 0 Å². The van der Waals surface area contributed by atoms with Crippen molar-refractivity contribution in [3.05, 3.63) is 0 Å². The van der Waals surface area contributed by atoms with Crippen molar-refractivity contribution in [1.29, 1.82) is 0 Å². The minimum Gasteiger partial charge on any atom is -0.379 e. The van der Waals surface area contributed by atoms with Gasteiger partial charge in [-0.2, -0.15) is 0 Å². The highest BCUT2D eigenvalue weighted by Gasteiger charge is 2.40. The Bertz CT molecular complexity index is 450. The van der Waals surface area contributed by atoms with Crippen molar-refractivity contribution in [2.45, 2.75) is 45.1 Å². The van der Waals surface area contributed by atoms with Crippen molar-refractivity contribution in [2.75, 3.05) is 45.9 Å². The molecule has 1 aliphatic carbocycles. The Labute approximate surface area is 138 Å². The predicted molar refractivity (Wildman–Crippen MR) is 87.0 cm³/mol. The number of hydrogen-bond donors (Lipinski definition) is 1. The van der Waals surface area contributed by atoms with Crippen molar-refractivity contribution >= 4 is 11.8 Å². The van der Waals surface area contributed by atoms with Crippen molar-refractivity contribution in [2.24, 2.45) is 5.41 Å². The summed E-state index contributed by atoms with van der Waals surface area (Å²) in [4.78, 5) is 28.1. The molecule has 23 heavy (non-hydrogen) atoms. The lowest BCUT2D eigenvalue weighted by atomic mass is 9.69. The van der Waals surface area contributed by atoms with E-state index in [2.05, 4.69) is 10.2 Å². The summed E-state index contributed by atoms with van der Waals surface area (Å²) >= 11 is 0. The lowest BCUT2D eigenvalue weighted by molar-refractivity contribution is -0.135. The van der Waals surface area contributed by atoms with Gasteiger partial charge in [0.05, 0.1) is 19.8 Å². The number of carbonyl (C=O) groups excluding carboxylic acids is 2. The Morgan fingerprint density at radius 1 is 1.26 bits per heavy atom. The molecule has 6 heteroatoms. The van der Waals surface area contributed by atoms with E-state index in [9.17, 15) is 9.59 Å². The van der Waals surface area contributed by atoms with Crippen LogP contribution in [-0.4, -0.2) is 73.6 Å². The molecule has 1 spiro atoms. The Hall–Kier alpha value is -1.14. The predicted octanol–water partition coefficient (Wildman–Crippen LogP) is 0.616. The second kappa shape index (κ2) is 7.18. The van der Waals surface area contributed by atoms with Crippen molar-refractivity contribution < 1.29 is 14.3 Å². The smallest absolute Gasteiger partial charge is 0.236 e. The number of amides is 2. The van der Waals surface area contributed by atoms with Gasteiger partial charge < -0.3 is 15.0 Å². The van der Waals surface area contributed by atoms with Gasteiger partial charge in [0, 0.05) is 44.6 Å². The molecule has 2 aliphatic heterocycles. The third-order valence-electron chi connectivity index (χ3n) is 5.47. The number of hydrogen-bond acceptors (Lipinski definition) is 4. The minimum absolute atomic E-state index is 0.0131. The van der Waals surface area contributed by atoms with E-state index in [0.29, 0.717) is 18.5 Å². The van der Waals surface area contributed by atoms with Crippen LogP contribution in [0.2, 0.25) is 0 Å². The van der Waals surface area contributed by atoms with Gasteiger partial charge in [-0.05, 0) is 25.7 Å². The van der Waals surface area contributed by atoms with Crippen LogP contribution in [0.1, 0.15) is 39.0 Å². The van der Waals surface area contributed by atoms with Crippen LogP contribution in [0.3, 0.4) is 0 Å². The van der Waals surface area contributed by atoms with Crippen molar-refractivity contribution in [3.8, 4) is 0 Å². The molecule has 0 aromatic carbocycles. The van der Waals surface area contributed by atoms with E-state index in [-0.39, 0.29) is 17.9 Å². The standard InChI is InChI=1S/C17H29N3O3/c1-14(21)18-15-4-2-7-20(10-15)16(22)11-19-8-9-23-13-17(12-19)5-3-6-17/h15H,2-13H2,1H3,(H,18,21). The van der Waals surface area contributed by atoms with Crippen LogP contribution in [0.15, 0.2) is 0 Å². The summed E-state index contributed by atoms with van der Waals surface area (Å²) < 4.78 is 5.76. The maximum Gasteiger partial charge on any atom is 0.236 e. The molecule has 0 aromatic heterocycles. The first-order valence-electron chi connectivity index (χ1n) is 8.91. The summed E-state index contributed by atoms with van der Waals surface area (Å²) in [6, 6.07) is 0.107. The van der Waals surface area contributed by atoms with Gasteiger partial charge in [0.15, 0.2) is 0 Å². The first-order chi connectivity index (χ1) is 11.1. The van der Waals surface area contributed by atoms with Gasteiger partial charge in [0.1, 0.15) is 0 Å². The number of ether oxygens (including phenoxy) is 1. The van der Waals surface area contributed by atoms with Gasteiger partial charge in [-0.3, -0.25) is 14.5 Å². The summed E-state index contributed by atoms with van der Waals surface area (Å²) in [5.41, 5.74) is 0.303. The van der Waals surface area contributed by atoms with E-state index in [1.807, 2.05) is 4.90 Å². The summed E-state index contributed by atoms with van der Waals surface area (Å²) in [5, 5.41) is 2.95. The Kier molecular flexibility index (Phi) is 5.21. The van der Waals surface area contributed by atoms with E-state index in [4.69, 9.17) is 4.74 Å². The van der Waals surface area contributed by atoms with Gasteiger partial charge in [0.25, 0.3) is 0 Å². The minimum atomic E-state index is -0.0131. The lowest BCUT2D eigenvalue weighted by Crippen LogP contribution is -2.52. The number of carbonyl (C=O) groups is 2. The number of nitrogens with one attached hydrogen (secondary N) is 1. The van der Waals surface area contributed by atoms with Crippen LogP contribution in [-0.2, 0) is 14.3 Å². The maximum atomic E-state index is 12.7. The second-order valence-electron chi connectivity index (χ2n) is 7.50. The third kappa shape index (κ3) is 4.23. The monoisotopic (exact) mass is 323 g/mol. The summed E-state index contributed by atoms with van der Waals surface area (Å²) in [6.07, 6.45) is 5.67. The van der Waals surface area contributed by atoms with Gasteiger partial charge in [-0.1, -0.05) is 6.42 Å². The van der Waals surface area contributed by atoms with E-state index in [1.54, 1.807) is 0 Å². The zero-order chi connectivity index (χ0) is 16.3. The van der Waals surface area contributed by atoms with Crippen LogP contribution in [0.5, 0.6) is 0 Å². The normalized spacial score (nSPS) is 28.0. The first-order valence-corrected chi connectivity index (χ1v) is 8.91. The van der Waals surface area contributed by atoms with Crippen LogP contribution in [0.25, 0.3) is 0 Å². The zero-order valence-corrected chi connectivity index (χ0v) is 14.2. The first kappa shape index (κ1) is 16.7. The second-order valence-corrected chi connectivity index (χ2v) is 7.50. The molecule has 2 amide bonds.